The van der Waals surface area contributed by atoms with Crippen molar-refractivity contribution in [2.45, 2.75) is 36.9 Å². The van der Waals surface area contributed by atoms with Gasteiger partial charge >= 0.3 is 0 Å². The summed E-state index contributed by atoms with van der Waals surface area (Å²) in [6.45, 7) is 5.70. The van der Waals surface area contributed by atoms with Crippen LogP contribution in [0.1, 0.15) is 35.3 Å². The molecule has 2 amide bonds. The molecular weight excluding hydrogens is 416 g/mol. The highest BCUT2D eigenvalue weighted by Crippen LogP contribution is 2.28. The van der Waals surface area contributed by atoms with Crippen molar-refractivity contribution in [2.24, 2.45) is 5.92 Å². The molecule has 0 spiro atoms. The first kappa shape index (κ1) is 22.0. The lowest BCUT2D eigenvalue weighted by atomic mass is 10.0. The van der Waals surface area contributed by atoms with Gasteiger partial charge in [-0.05, 0) is 30.5 Å². The summed E-state index contributed by atoms with van der Waals surface area (Å²) in [5, 5.41) is 14.2. The molecule has 3 aromatic rings. The highest BCUT2D eigenvalue weighted by Gasteiger charge is 2.25. The number of nitrogens with zero attached hydrogens (tertiary/aromatic N) is 2. The predicted octanol–water partition coefficient (Wildman–Crippen LogP) is 4.53. The second-order valence-electron chi connectivity index (χ2n) is 7.20. The highest BCUT2D eigenvalue weighted by atomic mass is 32.2. The van der Waals surface area contributed by atoms with E-state index in [0.717, 1.165) is 15.7 Å². The van der Waals surface area contributed by atoms with Gasteiger partial charge in [0.1, 0.15) is 6.04 Å². The van der Waals surface area contributed by atoms with Crippen LogP contribution in [0.4, 0.5) is 5.13 Å². The second kappa shape index (κ2) is 10.4. The highest BCUT2D eigenvalue weighted by molar-refractivity contribution is 8.00. The van der Waals surface area contributed by atoms with Crippen molar-refractivity contribution in [1.82, 2.24) is 15.5 Å². The predicted molar refractivity (Wildman–Crippen MR) is 122 cm³/mol. The van der Waals surface area contributed by atoms with E-state index in [1.807, 2.05) is 51.1 Å². The lowest BCUT2D eigenvalue weighted by molar-refractivity contribution is -0.118. The third kappa shape index (κ3) is 6.14. The van der Waals surface area contributed by atoms with E-state index in [0.29, 0.717) is 10.7 Å². The zero-order chi connectivity index (χ0) is 21.5. The number of aryl methyl sites for hydroxylation is 1. The fourth-order valence-corrected chi connectivity index (χ4v) is 4.48. The summed E-state index contributed by atoms with van der Waals surface area (Å²) in [5.41, 5.74) is 2.72. The molecule has 0 aliphatic heterocycles. The van der Waals surface area contributed by atoms with Crippen molar-refractivity contribution in [3.05, 3.63) is 71.3 Å². The summed E-state index contributed by atoms with van der Waals surface area (Å²) < 4.78 is 0.777. The fourth-order valence-electron chi connectivity index (χ4n) is 2.77. The van der Waals surface area contributed by atoms with Crippen molar-refractivity contribution in [2.75, 3.05) is 5.32 Å². The van der Waals surface area contributed by atoms with Crippen LogP contribution >= 0.6 is 23.1 Å². The van der Waals surface area contributed by atoms with Gasteiger partial charge < -0.3 is 5.32 Å². The van der Waals surface area contributed by atoms with Crippen LogP contribution in [0.5, 0.6) is 0 Å². The Labute approximate surface area is 184 Å². The minimum atomic E-state index is -0.678. The van der Waals surface area contributed by atoms with Crippen molar-refractivity contribution < 1.29 is 9.59 Å². The molecule has 156 valence electrons. The fraction of sp³-hybridized carbons (Fsp3) is 0.273. The van der Waals surface area contributed by atoms with Crippen LogP contribution in [0, 0.1) is 12.8 Å². The Morgan fingerprint density at radius 3 is 2.53 bits per heavy atom. The molecule has 6 nitrogen and oxygen atoms in total. The Hall–Kier alpha value is -2.71. The van der Waals surface area contributed by atoms with Crippen LogP contribution < -0.4 is 10.6 Å². The Balaban J connectivity index is 1.60. The minimum Gasteiger partial charge on any atom is -0.340 e. The number of anilines is 1. The Morgan fingerprint density at radius 2 is 1.83 bits per heavy atom. The monoisotopic (exact) mass is 440 g/mol. The minimum absolute atomic E-state index is 0.0846. The normalized spacial score (nSPS) is 11.9. The zero-order valence-corrected chi connectivity index (χ0v) is 18.7. The summed E-state index contributed by atoms with van der Waals surface area (Å²) in [7, 11) is 0. The lowest BCUT2D eigenvalue weighted by Crippen LogP contribution is -2.47. The van der Waals surface area contributed by atoms with E-state index >= 15 is 0 Å². The van der Waals surface area contributed by atoms with Crippen molar-refractivity contribution in [1.29, 1.82) is 0 Å². The molecule has 0 saturated heterocycles. The molecule has 2 N–H and O–H groups in total. The molecule has 2 aromatic carbocycles. The van der Waals surface area contributed by atoms with Gasteiger partial charge in [-0.1, -0.05) is 85.0 Å². The number of carbonyl (C=O) groups is 2. The Bertz CT molecular complexity index is 1010. The van der Waals surface area contributed by atoms with E-state index in [2.05, 4.69) is 33.0 Å². The molecule has 1 unspecified atom stereocenters. The molecule has 0 aliphatic rings. The number of thioether (sulfide) groups is 1. The van der Waals surface area contributed by atoms with E-state index in [-0.39, 0.29) is 17.7 Å². The Morgan fingerprint density at radius 1 is 1.07 bits per heavy atom. The number of amides is 2. The first-order chi connectivity index (χ1) is 14.4. The number of hydrogen-bond donors (Lipinski definition) is 2. The summed E-state index contributed by atoms with van der Waals surface area (Å²) in [4.78, 5) is 25.4. The number of aromatic nitrogens is 2. The number of nitrogens with one attached hydrogen (secondary N) is 2. The van der Waals surface area contributed by atoms with Gasteiger partial charge in [-0.3, -0.25) is 14.9 Å². The maximum absolute atomic E-state index is 12.8. The van der Waals surface area contributed by atoms with Gasteiger partial charge in [0.05, 0.1) is 0 Å². The van der Waals surface area contributed by atoms with Gasteiger partial charge in [-0.25, -0.2) is 0 Å². The quantitative estimate of drug-likeness (QED) is 0.397. The maximum atomic E-state index is 12.8. The molecule has 30 heavy (non-hydrogen) atoms. The van der Waals surface area contributed by atoms with E-state index in [9.17, 15) is 9.59 Å². The largest absolute Gasteiger partial charge is 0.340 e. The molecule has 0 aliphatic carbocycles. The van der Waals surface area contributed by atoms with Gasteiger partial charge in [0.2, 0.25) is 11.0 Å². The van der Waals surface area contributed by atoms with Crippen LogP contribution in [-0.4, -0.2) is 28.1 Å². The van der Waals surface area contributed by atoms with Crippen molar-refractivity contribution in [3.63, 3.8) is 0 Å². The molecule has 8 heteroatoms. The molecule has 0 bridgehead atoms. The molecular formula is C22H24N4O2S2. The van der Waals surface area contributed by atoms with E-state index in [1.165, 1.54) is 16.9 Å². The SMILES string of the molecule is Cc1cccc(C(=O)NC(C(=O)Nc2nnc(SCc3ccccc3)s2)C(C)C)c1. The first-order valence-corrected chi connectivity index (χ1v) is 11.4. The van der Waals surface area contributed by atoms with E-state index < -0.39 is 6.04 Å². The van der Waals surface area contributed by atoms with Crippen LogP contribution in [0.2, 0.25) is 0 Å². The average Bonchev–Trinajstić information content (AvgIpc) is 3.18. The summed E-state index contributed by atoms with van der Waals surface area (Å²) in [6.07, 6.45) is 0. The summed E-state index contributed by atoms with van der Waals surface area (Å²) in [5.74, 6) is 0.120. The van der Waals surface area contributed by atoms with Gasteiger partial charge in [-0.15, -0.1) is 10.2 Å². The summed E-state index contributed by atoms with van der Waals surface area (Å²) >= 11 is 2.89. The number of benzene rings is 2. The molecule has 0 saturated carbocycles. The molecule has 1 aromatic heterocycles. The number of rotatable bonds is 8. The molecule has 3 rings (SSSR count). The van der Waals surface area contributed by atoms with Gasteiger partial charge in [0, 0.05) is 11.3 Å². The average molecular weight is 441 g/mol. The standard InChI is InChI=1S/C22H24N4O2S2/c1-14(2)18(23-19(27)17-11-7-8-15(3)12-17)20(28)24-21-25-26-22(30-21)29-13-16-9-5-4-6-10-16/h4-12,14,18H,13H2,1-3H3,(H,23,27)(H,24,25,28). The van der Waals surface area contributed by atoms with E-state index in [4.69, 9.17) is 0 Å². The van der Waals surface area contributed by atoms with Gasteiger partial charge in [0.25, 0.3) is 5.91 Å². The van der Waals surface area contributed by atoms with Crippen LogP contribution in [0.15, 0.2) is 58.9 Å². The van der Waals surface area contributed by atoms with E-state index in [1.54, 1.807) is 23.9 Å². The number of carbonyl (C=O) groups excluding carboxylic acids is 2. The van der Waals surface area contributed by atoms with Crippen molar-refractivity contribution in [3.8, 4) is 0 Å². The van der Waals surface area contributed by atoms with Gasteiger partial charge in [0.15, 0.2) is 4.34 Å². The topological polar surface area (TPSA) is 84.0 Å². The maximum Gasteiger partial charge on any atom is 0.251 e. The third-order valence-corrected chi connectivity index (χ3v) is 6.40. The first-order valence-electron chi connectivity index (χ1n) is 9.61. The molecule has 1 heterocycles. The molecule has 0 fully saturated rings. The van der Waals surface area contributed by atoms with Crippen LogP contribution in [0.25, 0.3) is 0 Å². The molecule has 0 radical (unpaired) electrons. The third-order valence-electron chi connectivity index (χ3n) is 4.36. The summed E-state index contributed by atoms with van der Waals surface area (Å²) in [6, 6.07) is 16.7. The van der Waals surface area contributed by atoms with Gasteiger partial charge in [-0.2, -0.15) is 0 Å². The lowest BCUT2D eigenvalue weighted by Gasteiger charge is -2.21. The van der Waals surface area contributed by atoms with Crippen molar-refractivity contribution >= 4 is 40.0 Å². The number of hydrogen-bond acceptors (Lipinski definition) is 6. The zero-order valence-electron chi connectivity index (χ0n) is 17.1. The van der Waals surface area contributed by atoms with Crippen LogP contribution in [-0.2, 0) is 10.5 Å². The second-order valence-corrected chi connectivity index (χ2v) is 9.40. The smallest absolute Gasteiger partial charge is 0.251 e. The molecule has 1 atom stereocenters. The Kier molecular flexibility index (Phi) is 7.59. The van der Waals surface area contributed by atoms with Crippen LogP contribution in [0.3, 0.4) is 0 Å².